The molecule has 0 aromatic heterocycles. The van der Waals surface area contributed by atoms with Crippen LogP contribution in [0.1, 0.15) is 16.7 Å². The van der Waals surface area contributed by atoms with E-state index < -0.39 is 10.0 Å². The van der Waals surface area contributed by atoms with Crippen molar-refractivity contribution < 1.29 is 17.9 Å². The van der Waals surface area contributed by atoms with Gasteiger partial charge in [-0.15, -0.1) is 0 Å². The van der Waals surface area contributed by atoms with Gasteiger partial charge in [0.2, 0.25) is 10.0 Å². The quantitative estimate of drug-likeness (QED) is 0.866. The summed E-state index contributed by atoms with van der Waals surface area (Å²) in [5, 5.41) is 7.67. The first-order valence-corrected chi connectivity index (χ1v) is 8.85. The van der Waals surface area contributed by atoms with Crippen LogP contribution in [0, 0.1) is 20.8 Å². The molecule has 0 atom stereocenters. The Hall–Kier alpha value is -2.38. The number of hydrogen-bond acceptors (Lipinski definition) is 4. The van der Waals surface area contributed by atoms with E-state index in [1.54, 1.807) is 0 Å². The average Bonchev–Trinajstić information content (AvgIpc) is 2.51. The Bertz CT molecular complexity index is 859. The molecule has 0 fully saturated rings. The molecule has 0 saturated heterocycles. The van der Waals surface area contributed by atoms with Crippen LogP contribution in [-0.4, -0.2) is 20.9 Å². The second-order valence-corrected chi connectivity index (χ2v) is 7.12. The highest BCUT2D eigenvalue weighted by atomic mass is 32.2. The predicted octanol–water partition coefficient (Wildman–Crippen LogP) is 2.28. The Morgan fingerprint density at radius 1 is 1.04 bits per heavy atom. The van der Waals surface area contributed by atoms with Crippen LogP contribution < -0.4 is 15.2 Å². The highest BCUT2D eigenvalue weighted by Crippen LogP contribution is 2.25. The fourth-order valence-corrected chi connectivity index (χ4v) is 2.73. The minimum atomic E-state index is -3.75. The third-order valence-corrected chi connectivity index (χ3v) is 4.62. The monoisotopic (exact) mass is 348 g/mol. The minimum absolute atomic E-state index is 0.0113. The Morgan fingerprint density at radius 3 is 2.21 bits per heavy atom. The fraction of sp³-hybridized carbons (Fsp3) is 0.235. The van der Waals surface area contributed by atoms with E-state index in [9.17, 15) is 13.2 Å². The Morgan fingerprint density at radius 2 is 1.62 bits per heavy atom. The number of rotatable bonds is 5. The molecule has 7 heteroatoms. The summed E-state index contributed by atoms with van der Waals surface area (Å²) in [6.07, 6.45) is 0. The van der Waals surface area contributed by atoms with Gasteiger partial charge in [0.25, 0.3) is 5.91 Å². The van der Waals surface area contributed by atoms with Gasteiger partial charge in [0.1, 0.15) is 5.75 Å². The van der Waals surface area contributed by atoms with Gasteiger partial charge in [-0.1, -0.05) is 12.1 Å². The number of carbonyl (C=O) groups excluding carboxylic acids is 1. The zero-order valence-corrected chi connectivity index (χ0v) is 14.6. The zero-order chi connectivity index (χ0) is 17.9. The van der Waals surface area contributed by atoms with Crippen molar-refractivity contribution in [2.24, 2.45) is 5.14 Å². The van der Waals surface area contributed by atoms with Crippen molar-refractivity contribution in [3.05, 3.63) is 53.1 Å². The largest absolute Gasteiger partial charge is 0.483 e. The first-order valence-electron chi connectivity index (χ1n) is 7.31. The number of hydrogen-bond donors (Lipinski definition) is 2. The molecule has 0 aliphatic heterocycles. The van der Waals surface area contributed by atoms with Crippen molar-refractivity contribution >= 4 is 21.6 Å². The second-order valence-electron chi connectivity index (χ2n) is 5.56. The van der Waals surface area contributed by atoms with E-state index in [1.165, 1.54) is 24.3 Å². The van der Waals surface area contributed by atoms with Crippen LogP contribution in [0.15, 0.2) is 41.3 Å². The molecule has 0 bridgehead atoms. The summed E-state index contributed by atoms with van der Waals surface area (Å²) in [4.78, 5) is 12.0. The molecule has 2 rings (SSSR count). The number of amides is 1. The van der Waals surface area contributed by atoms with Crippen LogP contribution in [-0.2, 0) is 14.8 Å². The molecule has 24 heavy (non-hydrogen) atoms. The molecule has 6 nitrogen and oxygen atoms in total. The van der Waals surface area contributed by atoms with Gasteiger partial charge >= 0.3 is 0 Å². The summed E-state index contributed by atoms with van der Waals surface area (Å²) in [5.41, 5.74) is 3.52. The molecule has 0 spiro atoms. The van der Waals surface area contributed by atoms with Crippen LogP contribution in [0.5, 0.6) is 5.75 Å². The molecule has 0 saturated carbocycles. The second kappa shape index (κ2) is 7.02. The first kappa shape index (κ1) is 18.0. The lowest BCUT2D eigenvalue weighted by Gasteiger charge is -2.14. The van der Waals surface area contributed by atoms with E-state index in [2.05, 4.69) is 5.32 Å². The number of benzene rings is 2. The molecule has 128 valence electrons. The number of nitrogens with two attached hydrogens (primary N) is 1. The fourth-order valence-electron chi connectivity index (χ4n) is 2.21. The van der Waals surface area contributed by atoms with Crippen molar-refractivity contribution in [2.75, 3.05) is 11.9 Å². The molecule has 3 N–H and O–H groups in total. The third kappa shape index (κ3) is 4.33. The SMILES string of the molecule is Cc1ccc(C)c(OCC(=O)Nc2ccc(S(N)(=O)=O)cc2)c1C. The number of sulfonamides is 1. The normalized spacial score (nSPS) is 11.2. The van der Waals surface area contributed by atoms with Crippen LogP contribution in [0.4, 0.5) is 5.69 Å². The van der Waals surface area contributed by atoms with E-state index in [4.69, 9.17) is 9.88 Å². The maximum Gasteiger partial charge on any atom is 0.262 e. The molecule has 0 aliphatic carbocycles. The van der Waals surface area contributed by atoms with Gasteiger partial charge in [-0.05, 0) is 61.7 Å². The molecule has 0 radical (unpaired) electrons. The van der Waals surface area contributed by atoms with Crippen molar-refractivity contribution in [2.45, 2.75) is 25.7 Å². The maximum absolute atomic E-state index is 12.0. The Labute approximate surface area is 141 Å². The van der Waals surface area contributed by atoms with Gasteiger partial charge in [-0.25, -0.2) is 13.6 Å². The lowest BCUT2D eigenvalue weighted by molar-refractivity contribution is -0.118. The average molecular weight is 348 g/mol. The van der Waals surface area contributed by atoms with Gasteiger partial charge in [0.05, 0.1) is 4.90 Å². The summed E-state index contributed by atoms with van der Waals surface area (Å²) < 4.78 is 28.0. The third-order valence-electron chi connectivity index (χ3n) is 3.69. The molecule has 0 unspecified atom stereocenters. The van der Waals surface area contributed by atoms with Gasteiger partial charge in [0, 0.05) is 5.69 Å². The summed E-state index contributed by atoms with van der Waals surface area (Å²) in [5.74, 6) is 0.369. The predicted molar refractivity (Wildman–Crippen MR) is 92.6 cm³/mol. The molecule has 1 amide bonds. The van der Waals surface area contributed by atoms with Crippen LogP contribution in [0.2, 0.25) is 0 Å². The van der Waals surface area contributed by atoms with E-state index in [-0.39, 0.29) is 17.4 Å². The first-order chi connectivity index (χ1) is 11.2. The van der Waals surface area contributed by atoms with Crippen molar-refractivity contribution in [1.82, 2.24) is 0 Å². The highest BCUT2D eigenvalue weighted by molar-refractivity contribution is 7.89. The standard InChI is InChI=1S/C17H20N2O4S/c1-11-4-5-12(2)17(13(11)3)23-10-16(20)19-14-6-8-15(9-7-14)24(18,21)22/h4-9H,10H2,1-3H3,(H,19,20)(H2,18,21,22). The highest BCUT2D eigenvalue weighted by Gasteiger charge is 2.11. The molecule has 2 aromatic carbocycles. The van der Waals surface area contributed by atoms with Crippen molar-refractivity contribution in [1.29, 1.82) is 0 Å². The molecule has 2 aromatic rings. The lowest BCUT2D eigenvalue weighted by atomic mass is 10.1. The van der Waals surface area contributed by atoms with E-state index in [1.807, 2.05) is 32.9 Å². The number of anilines is 1. The van der Waals surface area contributed by atoms with Gasteiger partial charge < -0.3 is 10.1 Å². The zero-order valence-electron chi connectivity index (χ0n) is 13.8. The van der Waals surface area contributed by atoms with Crippen LogP contribution in [0.25, 0.3) is 0 Å². The van der Waals surface area contributed by atoms with Gasteiger partial charge in [-0.2, -0.15) is 0 Å². The molecule has 0 aliphatic rings. The summed E-state index contributed by atoms with van der Waals surface area (Å²) >= 11 is 0. The van der Waals surface area contributed by atoms with Crippen molar-refractivity contribution in [3.8, 4) is 5.75 Å². The molecular formula is C17H20N2O4S. The summed E-state index contributed by atoms with van der Waals surface area (Å²) in [6.45, 7) is 5.71. The number of primary sulfonamides is 1. The van der Waals surface area contributed by atoms with Crippen LogP contribution >= 0.6 is 0 Å². The minimum Gasteiger partial charge on any atom is -0.483 e. The Kier molecular flexibility index (Phi) is 5.26. The number of carbonyl (C=O) groups is 1. The number of nitrogens with one attached hydrogen (secondary N) is 1. The van der Waals surface area contributed by atoms with Gasteiger partial charge in [-0.3, -0.25) is 4.79 Å². The smallest absolute Gasteiger partial charge is 0.262 e. The van der Waals surface area contributed by atoms with E-state index >= 15 is 0 Å². The van der Waals surface area contributed by atoms with Gasteiger partial charge in [0.15, 0.2) is 6.61 Å². The van der Waals surface area contributed by atoms with Crippen molar-refractivity contribution in [3.63, 3.8) is 0 Å². The number of aryl methyl sites for hydroxylation is 2. The van der Waals surface area contributed by atoms with E-state index in [0.717, 1.165) is 16.7 Å². The molecular weight excluding hydrogens is 328 g/mol. The topological polar surface area (TPSA) is 98.5 Å². The lowest BCUT2D eigenvalue weighted by Crippen LogP contribution is -2.21. The van der Waals surface area contributed by atoms with E-state index in [0.29, 0.717) is 11.4 Å². The maximum atomic E-state index is 12.0. The number of ether oxygens (including phenoxy) is 1. The Balaban J connectivity index is 2.01. The van der Waals surface area contributed by atoms with Crippen LogP contribution in [0.3, 0.4) is 0 Å². The summed E-state index contributed by atoms with van der Waals surface area (Å²) in [6, 6.07) is 9.56. The molecule has 0 heterocycles. The summed E-state index contributed by atoms with van der Waals surface area (Å²) in [7, 11) is -3.75.